The van der Waals surface area contributed by atoms with Gasteiger partial charge in [0.25, 0.3) is 47.3 Å². The third-order valence-electron chi connectivity index (χ3n) is 20.5. The van der Waals surface area contributed by atoms with E-state index >= 15 is 19.2 Å². The van der Waals surface area contributed by atoms with E-state index in [1.165, 1.54) is 70.5 Å². The fraction of sp³-hybridized carbons (Fsp3) is 0.560. The number of rotatable bonds is 51. The molecule has 0 unspecified atom stereocenters. The molecule has 9 aromatic heterocycles. The average molecular weight is 1910 g/mol. The fourth-order valence-corrected chi connectivity index (χ4v) is 23.1. The summed E-state index contributed by atoms with van der Waals surface area (Å²) in [4.78, 5) is 189. The summed E-state index contributed by atoms with van der Waals surface area (Å²) in [5.74, 6) is -4.46. The topological polar surface area (TPSA) is 551 Å². The van der Waals surface area contributed by atoms with E-state index in [1.54, 1.807) is 83.1 Å². The van der Waals surface area contributed by atoms with Crippen molar-refractivity contribution in [3.05, 3.63) is 140 Å². The molecule has 9 amide bonds. The predicted octanol–water partition coefficient (Wildman–Crippen LogP) is 12.1. The van der Waals surface area contributed by atoms with Crippen molar-refractivity contribution < 1.29 is 47.9 Å². The largest absolute Gasteiger partial charge is 0.348 e. The highest BCUT2D eigenvalue weighted by atomic mass is 32.1. The van der Waals surface area contributed by atoms with Crippen molar-refractivity contribution in [2.45, 2.75) is 267 Å². The lowest BCUT2D eigenvalue weighted by atomic mass is 10.0. The minimum atomic E-state index is -0.886. The van der Waals surface area contributed by atoms with E-state index in [0.29, 0.717) is 223 Å². The van der Waals surface area contributed by atoms with E-state index in [1.807, 2.05) is 0 Å². The summed E-state index contributed by atoms with van der Waals surface area (Å²) in [5.41, 5.74) is 38.6. The summed E-state index contributed by atoms with van der Waals surface area (Å²) < 4.78 is 0. The van der Waals surface area contributed by atoms with Crippen LogP contribution in [0, 0.1) is 41.5 Å². The maximum Gasteiger partial charge on any atom is 0.263 e. The Balaban J connectivity index is 0.911. The summed E-state index contributed by atoms with van der Waals surface area (Å²) in [6.45, 7) is 26.5. The van der Waals surface area contributed by atoms with Gasteiger partial charge in [0.2, 0.25) is 5.91 Å². The molecule has 9 aromatic rings. The van der Waals surface area contributed by atoms with Crippen LogP contribution in [0.3, 0.4) is 0 Å². The molecule has 43 heteroatoms. The number of nitrogens with one attached hydrogen (secondary N) is 9. The monoisotopic (exact) mass is 1910 g/mol. The third kappa shape index (κ3) is 27.7. The molecule has 9 atom stereocenters. The SMILES string of the molecule is CC(=O)N[C@@H](CCCCN)c1nc(C)sc1C(=O)N[C@@H](C)c1nc(CCCCN)sc1C(=O)N[C@@H](C)c1nc(C)sc1C(=O)N[C@@H](CCCCN)c1nc(C)sc1C(=O)N[C@@H](C)c1nc(CCCCN)sc1C(=O)N[C@@H](C)c1nc(C)sc1C(=O)N[C@@H](CCCCN)c1nc(C)sc1C(=O)N[C@@H](C)c1nc(CCCCN)sc1C(=O)N[C@@H](C)c1nc(C)sc1C(C)=O. The highest BCUT2D eigenvalue weighted by Crippen LogP contribution is 2.38. The molecular formula is C84H120N24O10S9. The van der Waals surface area contributed by atoms with Gasteiger partial charge in [-0.2, -0.15) is 0 Å². The molecule has 127 heavy (non-hydrogen) atoms. The second kappa shape index (κ2) is 48.8. The number of nitrogens with two attached hydrogens (primary N) is 6. The van der Waals surface area contributed by atoms with Gasteiger partial charge in [0, 0.05) is 13.8 Å². The Kier molecular flexibility index (Phi) is 39.2. The molecule has 21 N–H and O–H groups in total. The molecule has 0 aliphatic heterocycles. The van der Waals surface area contributed by atoms with Crippen LogP contribution in [0.15, 0.2) is 0 Å². The second-order valence-electron chi connectivity index (χ2n) is 31.3. The molecule has 9 rings (SSSR count). The molecule has 34 nitrogen and oxygen atoms in total. The van der Waals surface area contributed by atoms with Crippen molar-refractivity contribution in [2.24, 2.45) is 34.4 Å². The second-order valence-corrected chi connectivity index (χ2v) is 41.7. The lowest BCUT2D eigenvalue weighted by Gasteiger charge is -2.20. The first-order valence-corrected chi connectivity index (χ1v) is 50.2. The van der Waals surface area contributed by atoms with Gasteiger partial charge in [0.1, 0.15) is 39.0 Å². The highest BCUT2D eigenvalue weighted by Gasteiger charge is 2.37. The smallest absolute Gasteiger partial charge is 0.263 e. The molecule has 0 spiro atoms. The van der Waals surface area contributed by atoms with Crippen molar-refractivity contribution in [3.63, 3.8) is 0 Å². The number of unbranched alkanes of at least 4 members (excludes halogenated alkanes) is 6. The number of Topliss-reactive ketones (excluding diaryl/α,β-unsaturated/α-hetero) is 1. The van der Waals surface area contributed by atoms with Gasteiger partial charge >= 0.3 is 0 Å². The predicted molar refractivity (Wildman–Crippen MR) is 504 cm³/mol. The number of nitrogens with zero attached hydrogens (tertiary/aromatic N) is 9. The molecule has 0 aromatic carbocycles. The van der Waals surface area contributed by atoms with Gasteiger partial charge in [-0.15, -0.1) is 102 Å². The zero-order valence-electron chi connectivity index (χ0n) is 74.4. The molecule has 0 aliphatic rings. The Hall–Kier alpha value is -8.67. The van der Waals surface area contributed by atoms with E-state index in [0.717, 1.165) is 71.0 Å². The highest BCUT2D eigenvalue weighted by molar-refractivity contribution is 7.16. The molecule has 0 fully saturated rings. The Labute approximate surface area is 776 Å². The molecule has 690 valence electrons. The fourth-order valence-electron chi connectivity index (χ4n) is 14.4. The number of hydrogen-bond acceptors (Lipinski definition) is 34. The van der Waals surface area contributed by atoms with Gasteiger partial charge in [-0.3, -0.25) is 47.9 Å². The number of thiazole rings is 9. The van der Waals surface area contributed by atoms with E-state index < -0.39 is 102 Å². The number of carbonyl (C=O) groups is 10. The van der Waals surface area contributed by atoms with Crippen molar-refractivity contribution in [2.75, 3.05) is 39.3 Å². The zero-order chi connectivity index (χ0) is 92.6. The normalized spacial score (nSPS) is 13.7. The van der Waals surface area contributed by atoms with Crippen LogP contribution in [0.1, 0.15) is 389 Å². The van der Waals surface area contributed by atoms with Crippen LogP contribution in [0.5, 0.6) is 0 Å². The van der Waals surface area contributed by atoms with Gasteiger partial charge in [-0.25, -0.2) is 44.9 Å². The summed E-state index contributed by atoms with van der Waals surface area (Å²) in [7, 11) is 0. The third-order valence-corrected chi connectivity index (χ3v) is 29.9. The summed E-state index contributed by atoms with van der Waals surface area (Å²) in [6, 6.07) is -6.98. The van der Waals surface area contributed by atoms with E-state index in [4.69, 9.17) is 74.3 Å². The lowest BCUT2D eigenvalue weighted by molar-refractivity contribution is -0.119. The van der Waals surface area contributed by atoms with Crippen molar-refractivity contribution in [1.82, 2.24) is 92.7 Å². The van der Waals surface area contributed by atoms with Crippen LogP contribution in [0.2, 0.25) is 0 Å². The quantitative estimate of drug-likeness (QED) is 0.0124. The van der Waals surface area contributed by atoms with Gasteiger partial charge in [0.15, 0.2) is 5.78 Å². The van der Waals surface area contributed by atoms with Crippen molar-refractivity contribution in [3.8, 4) is 0 Å². The van der Waals surface area contributed by atoms with Crippen LogP contribution >= 0.6 is 102 Å². The first kappa shape index (κ1) is 102. The molecule has 9 heterocycles. The standard InChI is InChI=1S/C84H120N24O10S9/c1-39(59-68(45(7)109)119-47(9)98-59)91-77(111)71-62(106-56(125-71)30-18-24-36-88)43(5)95-81(115)75-66(102-51(13)123-75)54(28-16-22-34-86)104-84(118)70-61(100-49(11)121-70)41(3)93-79(113)73-64(108-58(127-73)32-20-26-38-90)44(6)96-82(116)76-67(103-52(14)124-76)55(29-17-23-35-87)105-83(117)69-60(99-48(10)120-69)40(2)92-78(112)72-63(107-57(126-72)31-19-25-37-89)42(4)94-80(114)74-65(101-50(12)122-74)53(97-46(8)110)27-15-21-33-85/h39-44,53-55H,15-38,85-90H2,1-14H3,(H,91,111)(H,92,112)(H,93,113)(H,94,114)(H,95,115)(H,96,116)(H,97,110)(H,104,118)(H,105,117)/t39-,40-,41-,42-,43-,44-,53-,54-,55-/m0/s1. The Bertz CT molecular complexity index is 5310. The van der Waals surface area contributed by atoms with Crippen LogP contribution in [-0.4, -0.2) is 143 Å². The van der Waals surface area contributed by atoms with Gasteiger partial charge in [0.05, 0.1) is 156 Å². The summed E-state index contributed by atoms with van der Waals surface area (Å²) >= 11 is 10.6. The number of amides is 9. The van der Waals surface area contributed by atoms with Crippen molar-refractivity contribution >= 4 is 161 Å². The lowest BCUT2D eigenvalue weighted by Crippen LogP contribution is -2.34. The molecule has 0 saturated heterocycles. The number of ketones is 1. The molecule has 0 saturated carbocycles. The van der Waals surface area contributed by atoms with Gasteiger partial charge in [-0.1, -0.05) is 0 Å². The van der Waals surface area contributed by atoms with Crippen LogP contribution in [-0.2, 0) is 24.1 Å². The van der Waals surface area contributed by atoms with E-state index in [-0.39, 0.29) is 58.0 Å². The Morgan fingerprint density at radius 3 is 0.669 bits per heavy atom. The maximum absolute atomic E-state index is 15.1. The van der Waals surface area contributed by atoms with E-state index in [2.05, 4.69) is 52.8 Å². The van der Waals surface area contributed by atoms with Gasteiger partial charge < -0.3 is 82.3 Å². The molecular weight excluding hydrogens is 1790 g/mol. The minimum absolute atomic E-state index is 0.160. The number of aromatic nitrogens is 9. The zero-order valence-corrected chi connectivity index (χ0v) is 81.8. The van der Waals surface area contributed by atoms with Crippen LogP contribution in [0.25, 0.3) is 0 Å². The minimum Gasteiger partial charge on any atom is -0.348 e. The summed E-state index contributed by atoms with van der Waals surface area (Å²) in [6.07, 6.45) is 10.7. The van der Waals surface area contributed by atoms with Crippen LogP contribution < -0.4 is 82.3 Å². The molecule has 0 aliphatic carbocycles. The first-order valence-electron chi connectivity index (χ1n) is 42.9. The van der Waals surface area contributed by atoms with Crippen molar-refractivity contribution in [1.29, 1.82) is 0 Å². The first-order chi connectivity index (χ1) is 60.6. The Morgan fingerprint density at radius 1 is 0.244 bits per heavy atom. The number of carbonyl (C=O) groups excluding carboxylic acids is 10. The maximum atomic E-state index is 15.1. The summed E-state index contributed by atoms with van der Waals surface area (Å²) in [5, 5.41) is 33.2. The number of hydrogen-bond donors (Lipinski definition) is 15. The average Bonchev–Trinajstić information content (AvgIpc) is 1.66. The van der Waals surface area contributed by atoms with Crippen LogP contribution in [0.4, 0.5) is 0 Å². The van der Waals surface area contributed by atoms with Gasteiger partial charge in [-0.05, 0) is 238 Å². The molecule has 0 radical (unpaired) electrons. The number of aryl methyl sites for hydroxylation is 9. The molecule has 0 bridgehead atoms. The van der Waals surface area contributed by atoms with E-state index in [9.17, 15) is 28.8 Å². The Morgan fingerprint density at radius 2 is 0.433 bits per heavy atom.